The van der Waals surface area contributed by atoms with Gasteiger partial charge in [-0.3, -0.25) is 0 Å². The first-order valence-electron chi connectivity index (χ1n) is 7.39. The number of hydrogen-bond acceptors (Lipinski definition) is 1. The van der Waals surface area contributed by atoms with Gasteiger partial charge in [0.2, 0.25) is 0 Å². The Morgan fingerprint density at radius 3 is 2.85 bits per heavy atom. The van der Waals surface area contributed by atoms with E-state index in [0.717, 1.165) is 24.7 Å². The molecule has 0 aliphatic rings. The van der Waals surface area contributed by atoms with Crippen LogP contribution < -0.4 is 5.32 Å². The first-order valence-corrected chi connectivity index (χ1v) is 7.76. The van der Waals surface area contributed by atoms with E-state index in [1.165, 1.54) is 30.5 Å². The number of nitrogens with one attached hydrogen (secondary N) is 1. The van der Waals surface area contributed by atoms with Crippen molar-refractivity contribution in [1.29, 1.82) is 0 Å². The molecule has 0 bridgehead atoms. The zero-order valence-electron chi connectivity index (χ0n) is 12.1. The molecule has 1 aromatic carbocycles. The van der Waals surface area contributed by atoms with E-state index in [0.29, 0.717) is 0 Å². The molecule has 108 valence electrons. The van der Waals surface area contributed by atoms with Gasteiger partial charge in [-0.25, -0.2) is 0 Å². The van der Waals surface area contributed by atoms with Crippen LogP contribution in [0.5, 0.6) is 0 Å². The summed E-state index contributed by atoms with van der Waals surface area (Å²) in [6.07, 6.45) is 5.96. The Kier molecular flexibility index (Phi) is 6.16. The molecule has 1 aromatic heterocycles. The van der Waals surface area contributed by atoms with Crippen LogP contribution in [-0.2, 0) is 13.1 Å². The second-order valence-corrected chi connectivity index (χ2v) is 5.58. The van der Waals surface area contributed by atoms with Crippen molar-refractivity contribution in [2.75, 3.05) is 6.54 Å². The van der Waals surface area contributed by atoms with Gasteiger partial charge in [-0.1, -0.05) is 43.5 Å². The fourth-order valence-electron chi connectivity index (χ4n) is 2.31. The Morgan fingerprint density at radius 2 is 2.05 bits per heavy atom. The number of aromatic nitrogens is 1. The average Bonchev–Trinajstić information content (AvgIpc) is 2.86. The molecule has 0 aliphatic carbocycles. The molecule has 0 radical (unpaired) electrons. The van der Waals surface area contributed by atoms with Gasteiger partial charge in [-0.2, -0.15) is 0 Å². The molecule has 0 saturated carbocycles. The lowest BCUT2D eigenvalue weighted by molar-refractivity contribution is 0.594. The fourth-order valence-corrected chi connectivity index (χ4v) is 2.53. The molecule has 1 heterocycles. The molecule has 1 N–H and O–H groups in total. The summed E-state index contributed by atoms with van der Waals surface area (Å²) in [4.78, 5) is 0. The minimum Gasteiger partial charge on any atom is -0.346 e. The molecule has 0 unspecified atom stereocenters. The summed E-state index contributed by atoms with van der Waals surface area (Å²) in [7, 11) is 0. The van der Waals surface area contributed by atoms with Gasteiger partial charge >= 0.3 is 0 Å². The van der Waals surface area contributed by atoms with Crippen molar-refractivity contribution in [3.63, 3.8) is 0 Å². The molecule has 2 rings (SSSR count). The lowest BCUT2D eigenvalue weighted by Crippen LogP contribution is -2.17. The third-order valence-electron chi connectivity index (χ3n) is 3.43. The van der Waals surface area contributed by atoms with Gasteiger partial charge in [0.15, 0.2) is 0 Å². The Hall–Kier alpha value is -1.25. The van der Waals surface area contributed by atoms with Gasteiger partial charge in [-0.15, -0.1) is 0 Å². The highest BCUT2D eigenvalue weighted by molar-refractivity contribution is 6.30. The molecule has 0 atom stereocenters. The van der Waals surface area contributed by atoms with Gasteiger partial charge < -0.3 is 9.88 Å². The van der Waals surface area contributed by atoms with Crippen molar-refractivity contribution < 1.29 is 0 Å². The van der Waals surface area contributed by atoms with Crippen LogP contribution in [0.3, 0.4) is 0 Å². The van der Waals surface area contributed by atoms with Crippen LogP contribution in [0.2, 0.25) is 5.02 Å². The van der Waals surface area contributed by atoms with Crippen LogP contribution in [0.1, 0.15) is 37.4 Å². The Bertz CT molecular complexity index is 519. The summed E-state index contributed by atoms with van der Waals surface area (Å²) < 4.78 is 2.28. The molecule has 3 heteroatoms. The first-order chi connectivity index (χ1) is 9.79. The Morgan fingerprint density at radius 1 is 1.15 bits per heavy atom. The predicted molar refractivity (Wildman–Crippen MR) is 86.2 cm³/mol. The first kappa shape index (κ1) is 15.1. The highest BCUT2D eigenvalue weighted by Gasteiger charge is 2.02. The zero-order chi connectivity index (χ0) is 14.2. The summed E-state index contributed by atoms with van der Waals surface area (Å²) in [5, 5.41) is 4.31. The van der Waals surface area contributed by atoms with E-state index in [1.54, 1.807) is 0 Å². The van der Waals surface area contributed by atoms with Crippen LogP contribution >= 0.6 is 11.6 Å². The van der Waals surface area contributed by atoms with Crippen molar-refractivity contribution in [3.8, 4) is 0 Å². The quantitative estimate of drug-likeness (QED) is 0.710. The van der Waals surface area contributed by atoms with Crippen LogP contribution in [0.15, 0.2) is 42.6 Å². The summed E-state index contributed by atoms with van der Waals surface area (Å²) in [5.74, 6) is 0. The molecule has 2 aromatic rings. The Balaban J connectivity index is 1.88. The molecular weight excluding hydrogens is 268 g/mol. The van der Waals surface area contributed by atoms with Gasteiger partial charge in [0.25, 0.3) is 0 Å². The minimum absolute atomic E-state index is 0.800. The van der Waals surface area contributed by atoms with E-state index < -0.39 is 0 Å². The van der Waals surface area contributed by atoms with Gasteiger partial charge in [0, 0.05) is 30.0 Å². The topological polar surface area (TPSA) is 17.0 Å². The molecular formula is C17H23ClN2. The number of rotatable bonds is 8. The second-order valence-electron chi connectivity index (χ2n) is 5.14. The lowest BCUT2D eigenvalue weighted by atomic mass is 10.2. The second kappa shape index (κ2) is 8.13. The number of hydrogen-bond donors (Lipinski definition) is 1. The maximum atomic E-state index is 6.04. The molecule has 0 saturated heterocycles. The summed E-state index contributed by atoms with van der Waals surface area (Å²) in [6.45, 7) is 5.13. The number of unbranched alkanes of at least 4 members (excludes halogenated alkanes) is 2. The minimum atomic E-state index is 0.800. The van der Waals surface area contributed by atoms with Gasteiger partial charge in [0.05, 0.1) is 0 Å². The van der Waals surface area contributed by atoms with Gasteiger partial charge in [-0.05, 0) is 42.8 Å². The zero-order valence-corrected chi connectivity index (χ0v) is 12.9. The third-order valence-corrected chi connectivity index (χ3v) is 3.66. The maximum absolute atomic E-state index is 6.04. The van der Waals surface area contributed by atoms with Crippen molar-refractivity contribution in [2.45, 2.75) is 39.3 Å². The average molecular weight is 291 g/mol. The largest absolute Gasteiger partial charge is 0.346 e. The number of nitrogens with zero attached hydrogens (tertiary/aromatic N) is 1. The van der Waals surface area contributed by atoms with Crippen LogP contribution in [0, 0.1) is 0 Å². The van der Waals surface area contributed by atoms with Crippen LogP contribution in [0.25, 0.3) is 0 Å². The van der Waals surface area contributed by atoms with Crippen LogP contribution in [0.4, 0.5) is 0 Å². The molecule has 0 spiro atoms. The van der Waals surface area contributed by atoms with E-state index in [-0.39, 0.29) is 0 Å². The molecule has 20 heavy (non-hydrogen) atoms. The van der Waals surface area contributed by atoms with E-state index in [4.69, 9.17) is 11.6 Å². The smallest absolute Gasteiger partial charge is 0.0473 e. The molecule has 2 nitrogen and oxygen atoms in total. The number of benzene rings is 1. The summed E-state index contributed by atoms with van der Waals surface area (Å²) >= 11 is 6.04. The standard InChI is InChI=1S/C17H23ClN2/c1-2-3-4-10-19-13-17-9-6-11-20(17)14-15-7-5-8-16(18)12-15/h5-9,11-12,19H,2-4,10,13-14H2,1H3. The maximum Gasteiger partial charge on any atom is 0.0473 e. The van der Waals surface area contributed by atoms with E-state index in [1.807, 2.05) is 18.2 Å². The molecule has 0 fully saturated rings. The number of halogens is 1. The SMILES string of the molecule is CCCCCNCc1cccn1Cc1cccc(Cl)c1. The van der Waals surface area contributed by atoms with Crippen molar-refractivity contribution in [2.24, 2.45) is 0 Å². The molecule has 0 aliphatic heterocycles. The monoisotopic (exact) mass is 290 g/mol. The van der Waals surface area contributed by atoms with Crippen molar-refractivity contribution in [3.05, 3.63) is 58.9 Å². The van der Waals surface area contributed by atoms with Gasteiger partial charge in [0.1, 0.15) is 0 Å². The van der Waals surface area contributed by atoms with Crippen molar-refractivity contribution >= 4 is 11.6 Å². The van der Waals surface area contributed by atoms with Crippen LogP contribution in [-0.4, -0.2) is 11.1 Å². The summed E-state index contributed by atoms with van der Waals surface area (Å²) in [6, 6.07) is 12.3. The highest BCUT2D eigenvalue weighted by Crippen LogP contribution is 2.13. The Labute approximate surface area is 126 Å². The van der Waals surface area contributed by atoms with Crippen molar-refractivity contribution in [1.82, 2.24) is 9.88 Å². The third kappa shape index (κ3) is 4.69. The normalized spacial score (nSPS) is 10.9. The molecule has 0 amide bonds. The fraction of sp³-hybridized carbons (Fsp3) is 0.412. The van der Waals surface area contributed by atoms with E-state index in [2.05, 4.69) is 41.2 Å². The predicted octanol–water partition coefficient (Wildman–Crippen LogP) is 4.47. The lowest BCUT2D eigenvalue weighted by Gasteiger charge is -2.10. The van der Waals surface area contributed by atoms with E-state index >= 15 is 0 Å². The summed E-state index contributed by atoms with van der Waals surface area (Å²) in [5.41, 5.74) is 2.56. The van der Waals surface area contributed by atoms with E-state index in [9.17, 15) is 0 Å². The highest BCUT2D eigenvalue weighted by atomic mass is 35.5.